The van der Waals surface area contributed by atoms with Gasteiger partial charge in [0.1, 0.15) is 19.3 Å². The number of carbonyl (C=O) groups is 3. The van der Waals surface area contributed by atoms with Gasteiger partial charge in [0.25, 0.3) is 0 Å². The van der Waals surface area contributed by atoms with Crippen molar-refractivity contribution in [3.63, 3.8) is 0 Å². The minimum absolute atomic E-state index is 0.0261. The van der Waals surface area contributed by atoms with Crippen molar-refractivity contribution in [2.75, 3.05) is 19.8 Å². The van der Waals surface area contributed by atoms with Gasteiger partial charge in [0.15, 0.2) is 0 Å². The first-order valence-corrected chi connectivity index (χ1v) is 8.92. The summed E-state index contributed by atoms with van der Waals surface area (Å²) in [5.74, 6) is -3.31. The first-order valence-electron chi connectivity index (χ1n) is 8.92. The standard InChI is InChI=1S/C17H24N4O8/c1-2-3-6-20-11-4-5-13-12(7-11)16(26-8-10(18)9-27-17(19)25)29-21(13)28-15(24)14(22)23/h4-5,7,10,13,20H,2-3,6,8-9,18H2,1H3,(H2,19,25)(H,22,23). The zero-order chi connectivity index (χ0) is 21.4. The SMILES string of the molecule is CCCCNC1=CC2=C(OCC(N)COC(N)=O)ON(OC(=O)C(=O)O)C2C=C1. The van der Waals surface area contributed by atoms with E-state index in [1.807, 2.05) is 0 Å². The number of ether oxygens (including phenoxy) is 2. The maximum Gasteiger partial charge on any atom is 0.438 e. The predicted octanol–water partition coefficient (Wildman–Crippen LogP) is -0.361. The highest BCUT2D eigenvalue weighted by Gasteiger charge is 2.40. The van der Waals surface area contributed by atoms with E-state index in [9.17, 15) is 14.4 Å². The van der Waals surface area contributed by atoms with Crippen molar-refractivity contribution in [1.29, 1.82) is 0 Å². The molecule has 0 saturated heterocycles. The third kappa shape index (κ3) is 6.40. The number of hydrogen-bond acceptors (Lipinski definition) is 10. The van der Waals surface area contributed by atoms with E-state index in [1.54, 1.807) is 18.2 Å². The smallest absolute Gasteiger partial charge is 0.438 e. The van der Waals surface area contributed by atoms with Gasteiger partial charge in [0.2, 0.25) is 0 Å². The molecule has 0 spiro atoms. The molecule has 0 fully saturated rings. The van der Waals surface area contributed by atoms with Crippen LogP contribution < -0.4 is 16.8 Å². The Morgan fingerprint density at radius 3 is 2.79 bits per heavy atom. The number of hydrogen-bond donors (Lipinski definition) is 4. The topological polar surface area (TPSA) is 176 Å². The summed E-state index contributed by atoms with van der Waals surface area (Å²) in [6.45, 7) is 2.56. The number of nitrogens with zero attached hydrogens (tertiary/aromatic N) is 1. The second kappa shape index (κ2) is 10.3. The van der Waals surface area contributed by atoms with Crippen molar-refractivity contribution in [2.24, 2.45) is 11.5 Å². The second-order valence-corrected chi connectivity index (χ2v) is 6.19. The maximum atomic E-state index is 11.4. The van der Waals surface area contributed by atoms with E-state index in [4.69, 9.17) is 31.0 Å². The lowest BCUT2D eigenvalue weighted by atomic mass is 10.0. The lowest BCUT2D eigenvalue weighted by Gasteiger charge is -2.20. The van der Waals surface area contributed by atoms with Gasteiger partial charge in [-0.25, -0.2) is 14.4 Å². The van der Waals surface area contributed by atoms with Crippen molar-refractivity contribution in [3.05, 3.63) is 35.4 Å². The van der Waals surface area contributed by atoms with Gasteiger partial charge in [-0.3, -0.25) is 0 Å². The Hall–Kier alpha value is -3.25. The molecule has 0 aromatic heterocycles. The molecule has 0 radical (unpaired) electrons. The molecule has 12 heteroatoms. The minimum atomic E-state index is -1.77. The number of hydroxylamine groups is 2. The molecule has 29 heavy (non-hydrogen) atoms. The molecule has 2 unspecified atom stereocenters. The van der Waals surface area contributed by atoms with E-state index < -0.39 is 30.1 Å². The highest BCUT2D eigenvalue weighted by atomic mass is 17.0. The minimum Gasteiger partial charge on any atom is -0.473 e. The molecule has 1 aliphatic carbocycles. The van der Waals surface area contributed by atoms with Gasteiger partial charge in [-0.15, -0.1) is 0 Å². The summed E-state index contributed by atoms with van der Waals surface area (Å²) in [6, 6.07) is -1.40. The summed E-state index contributed by atoms with van der Waals surface area (Å²) < 4.78 is 10.1. The summed E-state index contributed by atoms with van der Waals surface area (Å²) in [7, 11) is 0. The molecule has 0 saturated carbocycles. The molecular formula is C17H24N4O8. The fourth-order valence-electron chi connectivity index (χ4n) is 2.40. The van der Waals surface area contributed by atoms with Crippen molar-refractivity contribution in [1.82, 2.24) is 10.5 Å². The molecule has 0 bridgehead atoms. The van der Waals surface area contributed by atoms with E-state index in [1.165, 1.54) is 0 Å². The fourth-order valence-corrected chi connectivity index (χ4v) is 2.40. The number of carbonyl (C=O) groups excluding carboxylic acids is 2. The zero-order valence-corrected chi connectivity index (χ0v) is 15.8. The molecule has 0 aromatic rings. The van der Waals surface area contributed by atoms with Crippen LogP contribution in [-0.2, 0) is 28.7 Å². The number of rotatable bonds is 10. The number of primary amides is 1. The number of carboxylic acid groups (broad SMARTS) is 1. The summed E-state index contributed by atoms with van der Waals surface area (Å²) in [5.41, 5.74) is 11.9. The molecule has 160 valence electrons. The Morgan fingerprint density at radius 1 is 1.38 bits per heavy atom. The van der Waals surface area contributed by atoms with Crippen molar-refractivity contribution < 1.29 is 38.6 Å². The first-order chi connectivity index (χ1) is 13.8. The quantitative estimate of drug-likeness (QED) is 0.272. The van der Waals surface area contributed by atoms with Crippen LogP contribution in [-0.4, -0.2) is 60.2 Å². The first kappa shape index (κ1) is 22.0. The molecule has 6 N–H and O–H groups in total. The van der Waals surface area contributed by atoms with Crippen LogP contribution in [0.15, 0.2) is 35.4 Å². The molecule has 1 aliphatic heterocycles. The van der Waals surface area contributed by atoms with Crippen LogP contribution in [0.2, 0.25) is 0 Å². The van der Waals surface area contributed by atoms with Gasteiger partial charge in [-0.2, -0.15) is 0 Å². The van der Waals surface area contributed by atoms with Gasteiger partial charge in [0, 0.05) is 17.5 Å². The van der Waals surface area contributed by atoms with Crippen LogP contribution in [0.5, 0.6) is 0 Å². The Bertz CT molecular complexity index is 733. The molecule has 2 atom stereocenters. The van der Waals surface area contributed by atoms with Gasteiger partial charge in [0.05, 0.1) is 11.6 Å². The van der Waals surface area contributed by atoms with E-state index in [-0.39, 0.29) is 19.2 Å². The Morgan fingerprint density at radius 2 is 2.14 bits per heavy atom. The highest BCUT2D eigenvalue weighted by molar-refractivity contribution is 6.28. The van der Waals surface area contributed by atoms with Crippen LogP contribution >= 0.6 is 0 Å². The van der Waals surface area contributed by atoms with Gasteiger partial charge >= 0.3 is 24.0 Å². The van der Waals surface area contributed by atoms with E-state index in [0.29, 0.717) is 5.57 Å². The number of aliphatic carboxylic acids is 1. The largest absolute Gasteiger partial charge is 0.473 e. The third-order valence-electron chi connectivity index (χ3n) is 3.80. The van der Waals surface area contributed by atoms with Crippen molar-refractivity contribution in [3.8, 4) is 0 Å². The third-order valence-corrected chi connectivity index (χ3v) is 3.80. The molecule has 12 nitrogen and oxygen atoms in total. The number of nitrogens with two attached hydrogens (primary N) is 2. The fraction of sp³-hybridized carbons (Fsp3) is 0.471. The van der Waals surface area contributed by atoms with Gasteiger partial charge in [-0.05, 0) is 18.6 Å². The molecule has 1 amide bonds. The monoisotopic (exact) mass is 412 g/mol. The molecule has 0 aromatic carbocycles. The Labute approximate surface area is 166 Å². The summed E-state index contributed by atoms with van der Waals surface area (Å²) >= 11 is 0. The van der Waals surface area contributed by atoms with Gasteiger partial charge in [-0.1, -0.05) is 19.4 Å². The van der Waals surface area contributed by atoms with Crippen LogP contribution in [0.4, 0.5) is 4.79 Å². The lowest BCUT2D eigenvalue weighted by molar-refractivity contribution is -0.334. The molecule has 2 rings (SSSR count). The van der Waals surface area contributed by atoms with Crippen molar-refractivity contribution in [2.45, 2.75) is 31.8 Å². The van der Waals surface area contributed by atoms with E-state index in [2.05, 4.69) is 17.0 Å². The molecule has 1 heterocycles. The van der Waals surface area contributed by atoms with Crippen LogP contribution in [0.1, 0.15) is 19.8 Å². The number of nitrogens with one attached hydrogen (secondary N) is 1. The van der Waals surface area contributed by atoms with Crippen LogP contribution in [0, 0.1) is 0 Å². The Kier molecular flexibility index (Phi) is 7.86. The van der Waals surface area contributed by atoms with Gasteiger partial charge < -0.3 is 41.0 Å². The van der Waals surface area contributed by atoms with Crippen LogP contribution in [0.3, 0.4) is 0 Å². The number of fused-ring (bicyclic) bond motifs is 1. The average Bonchev–Trinajstić information content (AvgIpc) is 3.01. The lowest BCUT2D eigenvalue weighted by Crippen LogP contribution is -2.35. The normalized spacial score (nSPS) is 19.0. The number of unbranched alkanes of at least 4 members (excludes halogenated alkanes) is 1. The van der Waals surface area contributed by atoms with Crippen LogP contribution in [0.25, 0.3) is 0 Å². The van der Waals surface area contributed by atoms with Crippen molar-refractivity contribution >= 4 is 18.0 Å². The molecule has 2 aliphatic rings. The predicted molar refractivity (Wildman–Crippen MR) is 97.1 cm³/mol. The summed E-state index contributed by atoms with van der Waals surface area (Å²) in [4.78, 5) is 42.9. The Balaban J connectivity index is 2.09. The number of carboxylic acids is 1. The summed E-state index contributed by atoms with van der Waals surface area (Å²) in [5, 5.41) is 12.7. The maximum absolute atomic E-state index is 11.4. The van der Waals surface area contributed by atoms with E-state index in [0.717, 1.165) is 30.3 Å². The zero-order valence-electron chi connectivity index (χ0n) is 15.8. The highest BCUT2D eigenvalue weighted by Crippen LogP contribution is 2.32. The average molecular weight is 412 g/mol. The molecular weight excluding hydrogens is 388 g/mol. The number of amides is 1. The summed E-state index contributed by atoms with van der Waals surface area (Å²) in [6.07, 6.45) is 6.18. The second-order valence-electron chi connectivity index (χ2n) is 6.19. The van der Waals surface area contributed by atoms with E-state index >= 15 is 0 Å². The number of allylic oxidation sites excluding steroid dienone is 1.